The molecular weight excluding hydrogens is 290 g/mol. The normalized spacial score (nSPS) is 10.0. The van der Waals surface area contributed by atoms with Crippen molar-refractivity contribution in [1.29, 1.82) is 0 Å². The van der Waals surface area contributed by atoms with Crippen LogP contribution in [-0.4, -0.2) is 19.0 Å². The third-order valence-corrected chi connectivity index (χ3v) is 3.54. The van der Waals surface area contributed by atoms with Crippen LogP contribution >= 0.6 is 0 Å². The van der Waals surface area contributed by atoms with Crippen molar-refractivity contribution < 1.29 is 9.59 Å². The Morgan fingerprint density at radius 3 is 2.35 bits per heavy atom. The quantitative estimate of drug-likeness (QED) is 0.794. The lowest BCUT2D eigenvalue weighted by molar-refractivity contribution is 0.0963. The molecular formula is C18H21N3O2. The van der Waals surface area contributed by atoms with Gasteiger partial charge in [-0.25, -0.2) is 4.79 Å². The Bertz CT molecular complexity index is 681. The minimum Gasteiger partial charge on any atom is -0.355 e. The fraction of sp³-hybridized carbons (Fsp3) is 0.222. The summed E-state index contributed by atoms with van der Waals surface area (Å²) < 4.78 is 0. The van der Waals surface area contributed by atoms with Crippen LogP contribution in [0.1, 0.15) is 28.4 Å². The summed E-state index contributed by atoms with van der Waals surface area (Å²) in [6.45, 7) is 2.45. The van der Waals surface area contributed by atoms with Crippen molar-refractivity contribution in [3.05, 3.63) is 65.2 Å². The third kappa shape index (κ3) is 4.57. The standard InChI is InChI=1S/C18H21N3O2/c1-3-14-6-4-5-7-16(14)21-18(23)20-12-13-8-10-15(11-9-13)17(22)19-2/h4-11H,3,12H2,1-2H3,(H,19,22)(H2,20,21,23). The van der Waals surface area contributed by atoms with Crippen LogP contribution in [0.15, 0.2) is 48.5 Å². The van der Waals surface area contributed by atoms with E-state index < -0.39 is 0 Å². The van der Waals surface area contributed by atoms with E-state index in [9.17, 15) is 9.59 Å². The maximum atomic E-state index is 12.0. The molecule has 120 valence electrons. The number of aryl methyl sites for hydroxylation is 1. The molecule has 2 aromatic carbocycles. The average Bonchev–Trinajstić information content (AvgIpc) is 2.60. The predicted molar refractivity (Wildman–Crippen MR) is 91.5 cm³/mol. The molecule has 0 aliphatic carbocycles. The van der Waals surface area contributed by atoms with Crippen molar-refractivity contribution in [3.8, 4) is 0 Å². The number of rotatable bonds is 5. The number of hydrogen-bond donors (Lipinski definition) is 3. The van der Waals surface area contributed by atoms with Crippen LogP contribution in [0, 0.1) is 0 Å². The molecule has 2 rings (SSSR count). The summed E-state index contributed by atoms with van der Waals surface area (Å²) in [5.41, 5.74) is 3.44. The van der Waals surface area contributed by atoms with Gasteiger partial charge in [-0.05, 0) is 35.7 Å². The van der Waals surface area contributed by atoms with Crippen molar-refractivity contribution in [3.63, 3.8) is 0 Å². The molecule has 23 heavy (non-hydrogen) atoms. The van der Waals surface area contributed by atoms with Crippen LogP contribution in [-0.2, 0) is 13.0 Å². The second-order valence-corrected chi connectivity index (χ2v) is 5.09. The SMILES string of the molecule is CCc1ccccc1NC(=O)NCc1ccc(C(=O)NC)cc1. The minimum absolute atomic E-state index is 0.126. The van der Waals surface area contributed by atoms with E-state index >= 15 is 0 Å². The highest BCUT2D eigenvalue weighted by atomic mass is 16.2. The molecule has 0 fully saturated rings. The van der Waals surface area contributed by atoms with Gasteiger partial charge < -0.3 is 16.0 Å². The number of hydrogen-bond acceptors (Lipinski definition) is 2. The van der Waals surface area contributed by atoms with Crippen molar-refractivity contribution >= 4 is 17.6 Å². The molecule has 0 aromatic heterocycles. The molecule has 0 atom stereocenters. The van der Waals surface area contributed by atoms with Gasteiger partial charge >= 0.3 is 6.03 Å². The number of anilines is 1. The average molecular weight is 311 g/mol. The second kappa shape index (κ2) is 7.98. The maximum Gasteiger partial charge on any atom is 0.319 e. The van der Waals surface area contributed by atoms with Gasteiger partial charge in [-0.1, -0.05) is 37.3 Å². The van der Waals surface area contributed by atoms with E-state index in [1.165, 1.54) is 0 Å². The molecule has 0 aliphatic rings. The topological polar surface area (TPSA) is 70.2 Å². The maximum absolute atomic E-state index is 12.0. The summed E-state index contributed by atoms with van der Waals surface area (Å²) in [7, 11) is 1.59. The smallest absolute Gasteiger partial charge is 0.319 e. The number of para-hydroxylation sites is 1. The lowest BCUT2D eigenvalue weighted by Crippen LogP contribution is -2.28. The molecule has 0 bridgehead atoms. The molecule has 5 nitrogen and oxygen atoms in total. The first-order valence-corrected chi connectivity index (χ1v) is 7.57. The first-order valence-electron chi connectivity index (χ1n) is 7.57. The number of carbonyl (C=O) groups is 2. The molecule has 0 saturated carbocycles. The van der Waals surface area contributed by atoms with Gasteiger partial charge in [0.1, 0.15) is 0 Å². The van der Waals surface area contributed by atoms with Gasteiger partial charge in [0, 0.05) is 24.8 Å². The van der Waals surface area contributed by atoms with Crippen molar-refractivity contribution in [1.82, 2.24) is 10.6 Å². The monoisotopic (exact) mass is 311 g/mol. The number of urea groups is 1. The van der Waals surface area contributed by atoms with Crippen LogP contribution in [0.4, 0.5) is 10.5 Å². The fourth-order valence-corrected chi connectivity index (χ4v) is 2.22. The zero-order chi connectivity index (χ0) is 16.7. The van der Waals surface area contributed by atoms with Gasteiger partial charge in [-0.15, -0.1) is 0 Å². The Kier molecular flexibility index (Phi) is 5.74. The van der Waals surface area contributed by atoms with E-state index in [0.717, 1.165) is 23.2 Å². The highest BCUT2D eigenvalue weighted by molar-refractivity contribution is 5.94. The van der Waals surface area contributed by atoms with Crippen LogP contribution < -0.4 is 16.0 Å². The minimum atomic E-state index is -0.249. The molecule has 0 spiro atoms. The number of amides is 3. The first kappa shape index (κ1) is 16.5. The Morgan fingerprint density at radius 1 is 1.00 bits per heavy atom. The van der Waals surface area contributed by atoms with E-state index in [4.69, 9.17) is 0 Å². The molecule has 5 heteroatoms. The van der Waals surface area contributed by atoms with Gasteiger partial charge in [0.15, 0.2) is 0 Å². The number of carbonyl (C=O) groups excluding carboxylic acids is 2. The fourth-order valence-electron chi connectivity index (χ4n) is 2.22. The Morgan fingerprint density at radius 2 is 1.70 bits per heavy atom. The molecule has 0 radical (unpaired) electrons. The van der Waals surface area contributed by atoms with Gasteiger partial charge in [-0.2, -0.15) is 0 Å². The largest absolute Gasteiger partial charge is 0.355 e. The summed E-state index contributed by atoms with van der Waals surface area (Å²) in [6.07, 6.45) is 0.859. The zero-order valence-electron chi connectivity index (χ0n) is 13.3. The lowest BCUT2D eigenvalue weighted by atomic mass is 10.1. The summed E-state index contributed by atoms with van der Waals surface area (Å²) in [5.74, 6) is -0.126. The summed E-state index contributed by atoms with van der Waals surface area (Å²) >= 11 is 0. The molecule has 0 saturated heterocycles. The summed E-state index contributed by atoms with van der Waals surface area (Å²) in [4.78, 5) is 23.5. The van der Waals surface area contributed by atoms with Crippen molar-refractivity contribution in [2.24, 2.45) is 0 Å². The van der Waals surface area contributed by atoms with Crippen LogP contribution in [0.2, 0.25) is 0 Å². The molecule has 3 amide bonds. The predicted octanol–water partition coefficient (Wildman–Crippen LogP) is 2.93. The highest BCUT2D eigenvalue weighted by Gasteiger charge is 2.06. The van der Waals surface area contributed by atoms with E-state index in [-0.39, 0.29) is 11.9 Å². The van der Waals surface area contributed by atoms with Gasteiger partial charge in [0.25, 0.3) is 5.91 Å². The third-order valence-electron chi connectivity index (χ3n) is 3.54. The molecule has 0 heterocycles. The van der Waals surface area contributed by atoms with Crippen LogP contribution in [0.25, 0.3) is 0 Å². The van der Waals surface area contributed by atoms with Crippen LogP contribution in [0.5, 0.6) is 0 Å². The summed E-state index contributed by atoms with van der Waals surface area (Å²) in [5, 5.41) is 8.24. The molecule has 0 aliphatic heterocycles. The molecule has 2 aromatic rings. The first-order chi connectivity index (χ1) is 11.1. The van der Waals surface area contributed by atoms with Gasteiger partial charge in [0.05, 0.1) is 0 Å². The lowest BCUT2D eigenvalue weighted by Gasteiger charge is -2.11. The van der Waals surface area contributed by atoms with E-state index in [2.05, 4.69) is 16.0 Å². The van der Waals surface area contributed by atoms with Gasteiger partial charge in [-0.3, -0.25) is 4.79 Å². The summed E-state index contributed by atoms with van der Waals surface area (Å²) in [6, 6.07) is 14.6. The Labute approximate surface area is 136 Å². The van der Waals surface area contributed by atoms with E-state index in [0.29, 0.717) is 12.1 Å². The Balaban J connectivity index is 1.90. The number of nitrogens with one attached hydrogen (secondary N) is 3. The van der Waals surface area contributed by atoms with E-state index in [1.807, 2.05) is 43.3 Å². The Hall–Kier alpha value is -2.82. The number of benzene rings is 2. The zero-order valence-corrected chi connectivity index (χ0v) is 13.3. The second-order valence-electron chi connectivity index (χ2n) is 5.09. The molecule has 3 N–H and O–H groups in total. The van der Waals surface area contributed by atoms with Crippen molar-refractivity contribution in [2.75, 3.05) is 12.4 Å². The highest BCUT2D eigenvalue weighted by Crippen LogP contribution is 2.15. The van der Waals surface area contributed by atoms with E-state index in [1.54, 1.807) is 19.2 Å². The van der Waals surface area contributed by atoms with Crippen molar-refractivity contribution in [2.45, 2.75) is 19.9 Å². The van der Waals surface area contributed by atoms with Gasteiger partial charge in [0.2, 0.25) is 0 Å². The van der Waals surface area contributed by atoms with Crippen LogP contribution in [0.3, 0.4) is 0 Å². The molecule has 0 unspecified atom stereocenters.